The largest absolute Gasteiger partial charge is 0.358 e. The van der Waals surface area contributed by atoms with Crippen molar-refractivity contribution in [2.24, 2.45) is 5.41 Å². The predicted molar refractivity (Wildman–Crippen MR) is 154 cm³/mol. The van der Waals surface area contributed by atoms with Crippen molar-refractivity contribution in [3.63, 3.8) is 0 Å². The van der Waals surface area contributed by atoms with Crippen LogP contribution in [0.4, 0.5) is 5.69 Å². The highest BCUT2D eigenvalue weighted by Crippen LogP contribution is 2.35. The molecule has 0 aliphatic rings. The highest BCUT2D eigenvalue weighted by atomic mass is 15.1. The van der Waals surface area contributed by atoms with Gasteiger partial charge in [-0.1, -0.05) is 45.5 Å². The SMILES string of the molecule is C=C(CC(C)(C)C)Nc1cncc(-c2cc3c(-c4cc5c(-c6cccnc6)cccc5[nH]4)n[nH]c3cn2)c1. The first kappa shape index (κ1) is 23.6. The normalized spacial score (nSPS) is 11.8. The molecule has 0 unspecified atom stereocenters. The van der Waals surface area contributed by atoms with E-state index in [-0.39, 0.29) is 5.41 Å². The van der Waals surface area contributed by atoms with Crippen molar-refractivity contribution in [2.45, 2.75) is 27.2 Å². The molecule has 0 atom stereocenters. The molecule has 6 aromatic rings. The maximum atomic E-state index is 4.68. The van der Waals surface area contributed by atoms with Crippen LogP contribution in [0.1, 0.15) is 27.2 Å². The molecule has 0 amide bonds. The molecule has 5 heterocycles. The van der Waals surface area contributed by atoms with Crippen LogP contribution >= 0.6 is 0 Å². The average molecular weight is 500 g/mol. The van der Waals surface area contributed by atoms with E-state index in [1.54, 1.807) is 6.20 Å². The minimum absolute atomic E-state index is 0.154. The summed E-state index contributed by atoms with van der Waals surface area (Å²) in [5.41, 5.74) is 9.65. The molecule has 0 saturated heterocycles. The van der Waals surface area contributed by atoms with Crippen LogP contribution in [0.2, 0.25) is 0 Å². The zero-order valence-corrected chi connectivity index (χ0v) is 21.7. The van der Waals surface area contributed by atoms with Crippen LogP contribution in [0.15, 0.2) is 91.8 Å². The molecule has 0 bridgehead atoms. The van der Waals surface area contributed by atoms with Crippen LogP contribution in [0, 0.1) is 5.41 Å². The van der Waals surface area contributed by atoms with Gasteiger partial charge in [-0.3, -0.25) is 20.1 Å². The van der Waals surface area contributed by atoms with Gasteiger partial charge in [0.15, 0.2) is 0 Å². The van der Waals surface area contributed by atoms with Gasteiger partial charge in [-0.2, -0.15) is 5.10 Å². The Kier molecular flexibility index (Phi) is 5.76. The molecule has 0 radical (unpaired) electrons. The molecule has 5 aromatic heterocycles. The van der Waals surface area contributed by atoms with E-state index in [4.69, 9.17) is 0 Å². The van der Waals surface area contributed by atoms with Gasteiger partial charge in [0.1, 0.15) is 5.69 Å². The van der Waals surface area contributed by atoms with Crippen LogP contribution in [0.25, 0.3) is 55.6 Å². The Morgan fingerprint density at radius 1 is 0.895 bits per heavy atom. The van der Waals surface area contributed by atoms with Crippen molar-refractivity contribution >= 4 is 27.5 Å². The molecule has 1 aromatic carbocycles. The van der Waals surface area contributed by atoms with Crippen LogP contribution in [0.5, 0.6) is 0 Å². The number of allylic oxidation sites excluding steroid dienone is 1. The summed E-state index contributed by atoms with van der Waals surface area (Å²) in [5.74, 6) is 0. The third-order valence-electron chi connectivity index (χ3n) is 6.44. The number of hydrogen-bond donors (Lipinski definition) is 3. The second kappa shape index (κ2) is 9.27. The molecule has 0 saturated carbocycles. The molecule has 0 aliphatic carbocycles. The second-order valence-corrected chi connectivity index (χ2v) is 10.8. The van der Waals surface area contributed by atoms with Crippen LogP contribution in [-0.2, 0) is 0 Å². The third-order valence-corrected chi connectivity index (χ3v) is 6.44. The number of fused-ring (bicyclic) bond motifs is 2. The van der Waals surface area contributed by atoms with E-state index in [0.29, 0.717) is 0 Å². The summed E-state index contributed by atoms with van der Waals surface area (Å²) in [5, 5.41) is 13.3. The quantitative estimate of drug-likeness (QED) is 0.219. The Labute approximate surface area is 221 Å². The summed E-state index contributed by atoms with van der Waals surface area (Å²) in [6.07, 6.45) is 10.0. The van der Waals surface area contributed by atoms with E-state index in [9.17, 15) is 0 Å². The first-order valence-corrected chi connectivity index (χ1v) is 12.6. The number of nitrogens with zero attached hydrogens (tertiary/aromatic N) is 4. The van der Waals surface area contributed by atoms with Crippen LogP contribution in [0.3, 0.4) is 0 Å². The highest BCUT2D eigenvalue weighted by molar-refractivity contribution is 6.01. The van der Waals surface area contributed by atoms with Crippen LogP contribution in [-0.4, -0.2) is 30.1 Å². The number of aromatic nitrogens is 6. The van der Waals surface area contributed by atoms with Crippen molar-refractivity contribution in [3.8, 4) is 33.8 Å². The molecule has 7 heteroatoms. The number of hydrogen-bond acceptors (Lipinski definition) is 5. The fraction of sp³-hybridized carbons (Fsp3) is 0.161. The molecule has 188 valence electrons. The second-order valence-electron chi connectivity index (χ2n) is 10.8. The zero-order valence-electron chi connectivity index (χ0n) is 21.7. The number of benzene rings is 1. The summed E-state index contributed by atoms with van der Waals surface area (Å²) < 4.78 is 0. The van der Waals surface area contributed by atoms with Crippen molar-refractivity contribution < 1.29 is 0 Å². The lowest BCUT2D eigenvalue weighted by molar-refractivity contribution is 0.411. The lowest BCUT2D eigenvalue weighted by Gasteiger charge is -2.20. The molecule has 0 aliphatic heterocycles. The fourth-order valence-corrected chi connectivity index (χ4v) is 4.87. The number of rotatable bonds is 6. The monoisotopic (exact) mass is 499 g/mol. The number of anilines is 1. The lowest BCUT2D eigenvalue weighted by atomic mass is 9.91. The van der Waals surface area contributed by atoms with E-state index in [0.717, 1.165) is 73.4 Å². The summed E-state index contributed by atoms with van der Waals surface area (Å²) in [7, 11) is 0. The minimum Gasteiger partial charge on any atom is -0.358 e. The predicted octanol–water partition coefficient (Wildman–Crippen LogP) is 7.59. The number of aromatic amines is 2. The van der Waals surface area contributed by atoms with Crippen LogP contribution < -0.4 is 5.32 Å². The lowest BCUT2D eigenvalue weighted by Crippen LogP contribution is -2.10. The van der Waals surface area contributed by atoms with Crippen molar-refractivity contribution in [1.29, 1.82) is 0 Å². The topological polar surface area (TPSA) is 95.2 Å². The molecule has 38 heavy (non-hydrogen) atoms. The minimum atomic E-state index is 0.154. The maximum absolute atomic E-state index is 4.68. The van der Waals surface area contributed by atoms with E-state index in [1.807, 2.05) is 30.9 Å². The Morgan fingerprint density at radius 3 is 2.58 bits per heavy atom. The molecular weight excluding hydrogens is 470 g/mol. The zero-order chi connectivity index (χ0) is 26.3. The summed E-state index contributed by atoms with van der Waals surface area (Å²) in [4.78, 5) is 17.0. The smallest absolute Gasteiger partial charge is 0.116 e. The Morgan fingerprint density at radius 2 is 1.76 bits per heavy atom. The molecule has 7 nitrogen and oxygen atoms in total. The molecule has 0 fully saturated rings. The molecule has 6 rings (SSSR count). The highest BCUT2D eigenvalue weighted by Gasteiger charge is 2.16. The first-order valence-electron chi connectivity index (χ1n) is 12.6. The number of pyridine rings is 3. The van der Waals surface area contributed by atoms with Crippen molar-refractivity contribution in [1.82, 2.24) is 30.1 Å². The molecule has 3 N–H and O–H groups in total. The average Bonchev–Trinajstić information content (AvgIpc) is 3.51. The van der Waals surface area contributed by atoms with Crippen molar-refractivity contribution in [2.75, 3.05) is 5.32 Å². The summed E-state index contributed by atoms with van der Waals surface area (Å²) in [6, 6.07) is 16.6. The Balaban J connectivity index is 1.36. The van der Waals surface area contributed by atoms with Gasteiger partial charge in [0, 0.05) is 51.7 Å². The molecular formula is C31H29N7. The first-order chi connectivity index (χ1) is 18.3. The standard InChI is InChI=1S/C31H29N7/c1-19(14-31(2,3)4)35-22-11-21(16-33-17-22)27-13-25-29(18-34-27)37-38-30(25)28-12-24-23(8-5-9-26(24)36-28)20-7-6-10-32-15-20/h5-13,15-18,35-36H,1,14H2,2-4H3,(H,37,38). The van der Waals surface area contributed by atoms with Gasteiger partial charge in [0.05, 0.1) is 35.0 Å². The summed E-state index contributed by atoms with van der Waals surface area (Å²) in [6.45, 7) is 10.8. The fourth-order valence-electron chi connectivity index (χ4n) is 4.87. The Hall–Kier alpha value is -4.78. The van der Waals surface area contributed by atoms with Gasteiger partial charge < -0.3 is 10.3 Å². The van der Waals surface area contributed by atoms with E-state index >= 15 is 0 Å². The van der Waals surface area contributed by atoms with Gasteiger partial charge >= 0.3 is 0 Å². The Bertz CT molecular complexity index is 1770. The number of H-pyrrole nitrogens is 2. The van der Waals surface area contributed by atoms with E-state index < -0.39 is 0 Å². The van der Waals surface area contributed by atoms with Gasteiger partial charge in [0.25, 0.3) is 0 Å². The van der Waals surface area contributed by atoms with Gasteiger partial charge in [0.2, 0.25) is 0 Å². The van der Waals surface area contributed by atoms with E-state index in [2.05, 4.69) is 105 Å². The van der Waals surface area contributed by atoms with Gasteiger partial charge in [-0.25, -0.2) is 0 Å². The molecule has 0 spiro atoms. The third kappa shape index (κ3) is 4.66. The summed E-state index contributed by atoms with van der Waals surface area (Å²) >= 11 is 0. The van der Waals surface area contributed by atoms with Crippen molar-refractivity contribution in [3.05, 3.63) is 91.8 Å². The number of nitrogens with one attached hydrogen (secondary N) is 3. The van der Waals surface area contributed by atoms with E-state index in [1.165, 1.54) is 0 Å². The van der Waals surface area contributed by atoms with Gasteiger partial charge in [-0.05, 0) is 47.7 Å². The maximum Gasteiger partial charge on any atom is 0.116 e. The van der Waals surface area contributed by atoms with Gasteiger partial charge in [-0.15, -0.1) is 0 Å².